The third-order valence-corrected chi connectivity index (χ3v) is 2.12. The number of ether oxygens (including phenoxy) is 1. The van der Waals surface area contributed by atoms with Crippen LogP contribution in [0.1, 0.15) is 17.2 Å². The first-order valence-corrected chi connectivity index (χ1v) is 4.35. The highest BCUT2D eigenvalue weighted by atomic mass is 16.5. The van der Waals surface area contributed by atoms with Crippen molar-refractivity contribution in [3.05, 3.63) is 23.3 Å². The molecule has 0 radical (unpaired) electrons. The Morgan fingerprint density at radius 1 is 1.50 bits per heavy atom. The highest BCUT2D eigenvalue weighted by Gasteiger charge is 2.11. The van der Waals surface area contributed by atoms with Gasteiger partial charge in [0.2, 0.25) is 0 Å². The van der Waals surface area contributed by atoms with Crippen molar-refractivity contribution in [1.29, 1.82) is 0 Å². The highest BCUT2D eigenvalue weighted by molar-refractivity contribution is 5.48. The van der Waals surface area contributed by atoms with Crippen molar-refractivity contribution in [2.75, 3.05) is 13.7 Å². The summed E-state index contributed by atoms with van der Waals surface area (Å²) in [5.74, 6) is 0.452. The van der Waals surface area contributed by atoms with E-state index in [0.29, 0.717) is 16.9 Å². The predicted octanol–water partition coefficient (Wildman–Crippen LogP) is 0.701. The number of phenols is 1. The molecule has 0 fully saturated rings. The van der Waals surface area contributed by atoms with Gasteiger partial charge < -0.3 is 20.7 Å². The van der Waals surface area contributed by atoms with Crippen molar-refractivity contribution in [2.24, 2.45) is 5.73 Å². The maximum absolute atomic E-state index is 9.54. The Kier molecular flexibility index (Phi) is 3.33. The molecule has 1 rings (SSSR count). The summed E-state index contributed by atoms with van der Waals surface area (Å²) in [5.41, 5.74) is 6.64. The SMILES string of the molecule is COc1cc(C(O)CN)cc(C)c1O. The molecule has 0 bridgehead atoms. The monoisotopic (exact) mass is 197 g/mol. The second kappa shape index (κ2) is 4.30. The summed E-state index contributed by atoms with van der Waals surface area (Å²) in [4.78, 5) is 0. The van der Waals surface area contributed by atoms with Crippen LogP contribution in [-0.2, 0) is 0 Å². The first-order valence-electron chi connectivity index (χ1n) is 4.35. The van der Waals surface area contributed by atoms with Gasteiger partial charge in [0.1, 0.15) is 0 Å². The van der Waals surface area contributed by atoms with Crippen LogP contribution in [0.15, 0.2) is 12.1 Å². The number of aliphatic hydroxyl groups is 1. The Morgan fingerprint density at radius 2 is 2.14 bits per heavy atom. The minimum atomic E-state index is -0.719. The number of aliphatic hydroxyl groups excluding tert-OH is 1. The highest BCUT2D eigenvalue weighted by Crippen LogP contribution is 2.32. The molecule has 14 heavy (non-hydrogen) atoms. The summed E-state index contributed by atoms with van der Waals surface area (Å²) in [5, 5.41) is 19.0. The molecule has 4 heteroatoms. The van der Waals surface area contributed by atoms with Crippen molar-refractivity contribution in [3.8, 4) is 11.5 Å². The van der Waals surface area contributed by atoms with Crippen LogP contribution in [0.5, 0.6) is 11.5 Å². The zero-order valence-corrected chi connectivity index (χ0v) is 8.32. The number of aromatic hydroxyl groups is 1. The van der Waals surface area contributed by atoms with Crippen molar-refractivity contribution < 1.29 is 14.9 Å². The quantitative estimate of drug-likeness (QED) is 0.666. The Morgan fingerprint density at radius 3 is 2.64 bits per heavy atom. The van der Waals surface area contributed by atoms with Crippen LogP contribution in [0.25, 0.3) is 0 Å². The minimum absolute atomic E-state index is 0.0977. The number of hydrogen-bond acceptors (Lipinski definition) is 4. The van der Waals surface area contributed by atoms with Gasteiger partial charge in [0.25, 0.3) is 0 Å². The molecular weight excluding hydrogens is 182 g/mol. The summed E-state index contributed by atoms with van der Waals surface area (Å²) < 4.78 is 4.96. The molecule has 1 unspecified atom stereocenters. The van der Waals surface area contributed by atoms with Crippen LogP contribution >= 0.6 is 0 Å². The molecular formula is C10H15NO3. The van der Waals surface area contributed by atoms with E-state index < -0.39 is 6.10 Å². The van der Waals surface area contributed by atoms with E-state index in [2.05, 4.69) is 0 Å². The third-order valence-electron chi connectivity index (χ3n) is 2.12. The molecule has 0 saturated heterocycles. The normalized spacial score (nSPS) is 12.6. The van der Waals surface area contributed by atoms with E-state index in [9.17, 15) is 10.2 Å². The first-order chi connectivity index (χ1) is 6.60. The zero-order valence-electron chi connectivity index (χ0n) is 8.32. The van der Waals surface area contributed by atoms with E-state index in [-0.39, 0.29) is 12.3 Å². The van der Waals surface area contributed by atoms with Crippen LogP contribution in [-0.4, -0.2) is 23.9 Å². The molecule has 78 valence electrons. The van der Waals surface area contributed by atoms with Gasteiger partial charge in [-0.15, -0.1) is 0 Å². The smallest absolute Gasteiger partial charge is 0.161 e. The van der Waals surface area contributed by atoms with Crippen molar-refractivity contribution in [3.63, 3.8) is 0 Å². The molecule has 4 nitrogen and oxygen atoms in total. The van der Waals surface area contributed by atoms with Gasteiger partial charge in [-0.25, -0.2) is 0 Å². The van der Waals surface area contributed by atoms with Gasteiger partial charge in [0.05, 0.1) is 13.2 Å². The van der Waals surface area contributed by atoms with E-state index in [0.717, 1.165) is 0 Å². The van der Waals surface area contributed by atoms with Crippen LogP contribution < -0.4 is 10.5 Å². The molecule has 0 saturated carbocycles. The second-order valence-electron chi connectivity index (χ2n) is 3.14. The number of rotatable bonds is 3. The van der Waals surface area contributed by atoms with E-state index in [4.69, 9.17) is 10.5 Å². The number of methoxy groups -OCH3 is 1. The molecule has 0 aliphatic carbocycles. The fourth-order valence-electron chi connectivity index (χ4n) is 1.26. The van der Waals surface area contributed by atoms with Gasteiger partial charge in [0, 0.05) is 6.54 Å². The van der Waals surface area contributed by atoms with Crippen LogP contribution in [0.2, 0.25) is 0 Å². The number of aryl methyl sites for hydroxylation is 1. The molecule has 4 N–H and O–H groups in total. The second-order valence-corrected chi connectivity index (χ2v) is 3.14. The molecule has 1 aromatic rings. The summed E-state index contributed by atoms with van der Waals surface area (Å²) >= 11 is 0. The summed E-state index contributed by atoms with van der Waals surface area (Å²) in [6.45, 7) is 1.89. The van der Waals surface area contributed by atoms with Gasteiger partial charge in [-0.1, -0.05) is 0 Å². The molecule has 0 aliphatic rings. The predicted molar refractivity (Wildman–Crippen MR) is 53.4 cm³/mol. The lowest BCUT2D eigenvalue weighted by molar-refractivity contribution is 0.186. The fourth-order valence-corrected chi connectivity index (χ4v) is 1.26. The number of hydrogen-bond donors (Lipinski definition) is 3. The van der Waals surface area contributed by atoms with Gasteiger partial charge in [-0.2, -0.15) is 0 Å². The maximum atomic E-state index is 9.54. The lowest BCUT2D eigenvalue weighted by Crippen LogP contribution is -2.11. The largest absolute Gasteiger partial charge is 0.504 e. The fraction of sp³-hybridized carbons (Fsp3) is 0.400. The Hall–Kier alpha value is -1.26. The lowest BCUT2D eigenvalue weighted by atomic mass is 10.1. The lowest BCUT2D eigenvalue weighted by Gasteiger charge is -2.12. The van der Waals surface area contributed by atoms with E-state index in [1.54, 1.807) is 19.1 Å². The zero-order chi connectivity index (χ0) is 10.7. The average Bonchev–Trinajstić information content (AvgIpc) is 2.20. The number of nitrogens with two attached hydrogens (primary N) is 1. The number of benzene rings is 1. The van der Waals surface area contributed by atoms with Crippen molar-refractivity contribution in [1.82, 2.24) is 0 Å². The maximum Gasteiger partial charge on any atom is 0.161 e. The molecule has 1 aromatic carbocycles. The summed E-state index contributed by atoms with van der Waals surface area (Å²) in [6.07, 6.45) is -0.719. The van der Waals surface area contributed by atoms with Crippen LogP contribution in [0.3, 0.4) is 0 Å². The molecule has 0 aromatic heterocycles. The Labute approximate surface area is 82.9 Å². The van der Waals surface area contributed by atoms with E-state index in [1.807, 2.05) is 0 Å². The van der Waals surface area contributed by atoms with Gasteiger partial charge >= 0.3 is 0 Å². The molecule has 0 spiro atoms. The van der Waals surface area contributed by atoms with Gasteiger partial charge in [-0.05, 0) is 30.2 Å². The number of phenolic OH excluding ortho intramolecular Hbond substituents is 1. The van der Waals surface area contributed by atoms with E-state index in [1.165, 1.54) is 7.11 Å². The average molecular weight is 197 g/mol. The Balaban J connectivity index is 3.16. The first kappa shape index (κ1) is 10.8. The summed E-state index contributed by atoms with van der Waals surface area (Å²) in [6, 6.07) is 3.27. The van der Waals surface area contributed by atoms with Gasteiger partial charge in [-0.3, -0.25) is 0 Å². The minimum Gasteiger partial charge on any atom is -0.504 e. The molecule has 0 heterocycles. The standard InChI is InChI=1S/C10H15NO3/c1-6-3-7(8(12)5-11)4-9(14-2)10(6)13/h3-4,8,12-13H,5,11H2,1-2H3. The van der Waals surface area contributed by atoms with E-state index >= 15 is 0 Å². The summed E-state index contributed by atoms with van der Waals surface area (Å²) in [7, 11) is 1.47. The van der Waals surface area contributed by atoms with Crippen LogP contribution in [0.4, 0.5) is 0 Å². The van der Waals surface area contributed by atoms with Crippen LogP contribution in [0, 0.1) is 6.92 Å². The molecule has 0 aliphatic heterocycles. The Bertz CT molecular complexity index is 325. The van der Waals surface area contributed by atoms with Crippen molar-refractivity contribution >= 4 is 0 Å². The molecule has 1 atom stereocenters. The van der Waals surface area contributed by atoms with Crippen molar-refractivity contribution in [2.45, 2.75) is 13.0 Å². The third kappa shape index (κ3) is 1.97. The topological polar surface area (TPSA) is 75.7 Å². The molecule has 0 amide bonds. The van der Waals surface area contributed by atoms with Gasteiger partial charge in [0.15, 0.2) is 11.5 Å².